The summed E-state index contributed by atoms with van der Waals surface area (Å²) in [7, 11) is 0. The number of rotatable bonds is 4. The Morgan fingerprint density at radius 2 is 1.87 bits per heavy atom. The van der Waals surface area contributed by atoms with E-state index in [1.165, 1.54) is 0 Å². The molecule has 1 aromatic carbocycles. The number of carboxylic acids is 1. The first kappa shape index (κ1) is 11.0. The predicted octanol–water partition coefficient (Wildman–Crippen LogP) is 0.913. The number of anilines is 1. The lowest BCUT2D eigenvalue weighted by Crippen LogP contribution is -2.30. The molecule has 0 aliphatic heterocycles. The van der Waals surface area contributed by atoms with Crippen molar-refractivity contribution < 1.29 is 14.7 Å². The molecular formula is C10H12N2O3. The number of carbonyl (C=O) groups is 2. The molecule has 1 aromatic rings. The van der Waals surface area contributed by atoms with Gasteiger partial charge < -0.3 is 5.11 Å². The van der Waals surface area contributed by atoms with Crippen LogP contribution in [0.1, 0.15) is 12.0 Å². The highest BCUT2D eigenvalue weighted by Crippen LogP contribution is 2.06. The minimum atomic E-state index is -1.15. The Morgan fingerprint density at radius 1 is 1.27 bits per heavy atom. The van der Waals surface area contributed by atoms with Gasteiger partial charge in [-0.25, -0.2) is 0 Å². The smallest absolute Gasteiger partial charge is 0.312 e. The normalized spacial score (nSPS) is 9.40. The second-order valence-corrected chi connectivity index (χ2v) is 3.11. The van der Waals surface area contributed by atoms with Crippen molar-refractivity contribution in [3.8, 4) is 0 Å². The zero-order valence-corrected chi connectivity index (χ0v) is 8.28. The zero-order chi connectivity index (χ0) is 11.3. The Bertz CT molecular complexity index is 359. The van der Waals surface area contributed by atoms with Crippen LogP contribution >= 0.6 is 0 Å². The maximum Gasteiger partial charge on any atom is 0.312 e. The molecule has 3 N–H and O–H groups in total. The predicted molar refractivity (Wildman–Crippen MR) is 55.2 cm³/mol. The second kappa shape index (κ2) is 4.99. The summed E-state index contributed by atoms with van der Waals surface area (Å²) in [6, 6.07) is 7.34. The van der Waals surface area contributed by atoms with Gasteiger partial charge >= 0.3 is 5.97 Å². The number of aryl methyl sites for hydroxylation is 1. The minimum absolute atomic E-state index is 0.543. The monoisotopic (exact) mass is 208 g/mol. The summed E-state index contributed by atoms with van der Waals surface area (Å²) in [6.45, 7) is 1.95. The third-order valence-corrected chi connectivity index (χ3v) is 1.71. The fourth-order valence-corrected chi connectivity index (χ4v) is 0.960. The molecule has 5 nitrogen and oxygen atoms in total. The van der Waals surface area contributed by atoms with E-state index >= 15 is 0 Å². The molecule has 0 atom stereocenters. The van der Waals surface area contributed by atoms with Crippen molar-refractivity contribution in [2.24, 2.45) is 0 Å². The van der Waals surface area contributed by atoms with Gasteiger partial charge in [0, 0.05) is 0 Å². The highest BCUT2D eigenvalue weighted by Gasteiger charge is 2.05. The largest absolute Gasteiger partial charge is 0.481 e. The molecule has 0 bridgehead atoms. The minimum Gasteiger partial charge on any atom is -0.481 e. The van der Waals surface area contributed by atoms with Crippen LogP contribution in [0.5, 0.6) is 0 Å². The molecule has 0 radical (unpaired) electrons. The third-order valence-electron chi connectivity index (χ3n) is 1.71. The van der Waals surface area contributed by atoms with E-state index in [4.69, 9.17) is 5.11 Å². The van der Waals surface area contributed by atoms with Crippen LogP contribution < -0.4 is 10.9 Å². The summed E-state index contributed by atoms with van der Waals surface area (Å²) in [6.07, 6.45) is -0.543. The van der Waals surface area contributed by atoms with Gasteiger partial charge in [-0.05, 0) is 19.1 Å². The van der Waals surface area contributed by atoms with Crippen LogP contribution in [0, 0.1) is 6.92 Å². The van der Waals surface area contributed by atoms with Crippen LogP contribution in [0.25, 0.3) is 0 Å². The van der Waals surface area contributed by atoms with Crippen molar-refractivity contribution in [3.05, 3.63) is 29.8 Å². The number of amides is 1. The van der Waals surface area contributed by atoms with Crippen molar-refractivity contribution in [3.63, 3.8) is 0 Å². The molecule has 5 heteroatoms. The third kappa shape index (κ3) is 4.12. The second-order valence-electron chi connectivity index (χ2n) is 3.11. The Labute approximate surface area is 87.1 Å². The molecule has 0 aliphatic carbocycles. The SMILES string of the molecule is Cc1ccc(NNC(=O)CC(=O)O)cc1. The Hall–Kier alpha value is -2.04. The van der Waals surface area contributed by atoms with E-state index in [-0.39, 0.29) is 0 Å². The molecule has 0 fully saturated rings. The Morgan fingerprint density at radius 3 is 2.40 bits per heavy atom. The topological polar surface area (TPSA) is 78.4 Å². The average molecular weight is 208 g/mol. The van der Waals surface area contributed by atoms with E-state index in [1.807, 2.05) is 19.1 Å². The van der Waals surface area contributed by atoms with Gasteiger partial charge in [-0.1, -0.05) is 17.7 Å². The maximum absolute atomic E-state index is 10.9. The molecule has 0 spiro atoms. The summed E-state index contributed by atoms with van der Waals surface area (Å²) in [5.41, 5.74) is 6.71. The standard InChI is InChI=1S/C10H12N2O3/c1-7-2-4-8(5-3-7)11-12-9(13)6-10(14)15/h2-5,11H,6H2,1H3,(H,12,13)(H,14,15). The first-order chi connectivity index (χ1) is 7.08. The summed E-state index contributed by atoms with van der Waals surface area (Å²) in [4.78, 5) is 21.1. The van der Waals surface area contributed by atoms with Gasteiger partial charge in [-0.15, -0.1) is 0 Å². The first-order valence-electron chi connectivity index (χ1n) is 4.41. The van der Waals surface area contributed by atoms with E-state index in [2.05, 4.69) is 10.9 Å². The molecule has 0 heterocycles. The number of nitrogens with one attached hydrogen (secondary N) is 2. The van der Waals surface area contributed by atoms with Gasteiger partial charge in [-0.2, -0.15) is 0 Å². The van der Waals surface area contributed by atoms with Crippen LogP contribution in [0.2, 0.25) is 0 Å². The molecule has 0 saturated heterocycles. The van der Waals surface area contributed by atoms with Gasteiger partial charge in [-0.3, -0.25) is 20.4 Å². The van der Waals surface area contributed by atoms with Gasteiger partial charge in [0.2, 0.25) is 5.91 Å². The average Bonchev–Trinajstić information content (AvgIpc) is 2.16. The zero-order valence-electron chi connectivity index (χ0n) is 8.28. The number of benzene rings is 1. The Kier molecular flexibility index (Phi) is 3.68. The van der Waals surface area contributed by atoms with E-state index in [9.17, 15) is 9.59 Å². The van der Waals surface area contributed by atoms with E-state index in [0.717, 1.165) is 5.56 Å². The van der Waals surface area contributed by atoms with E-state index in [0.29, 0.717) is 5.69 Å². The van der Waals surface area contributed by atoms with Crippen LogP contribution in [0.4, 0.5) is 5.69 Å². The molecule has 1 amide bonds. The van der Waals surface area contributed by atoms with Crippen molar-refractivity contribution in [1.82, 2.24) is 5.43 Å². The lowest BCUT2D eigenvalue weighted by molar-refractivity contribution is -0.140. The molecule has 80 valence electrons. The first-order valence-corrected chi connectivity index (χ1v) is 4.41. The van der Waals surface area contributed by atoms with Gasteiger partial charge in [0.25, 0.3) is 0 Å². The van der Waals surface area contributed by atoms with Crippen molar-refractivity contribution >= 4 is 17.6 Å². The summed E-state index contributed by atoms with van der Waals surface area (Å²) in [5.74, 6) is -1.73. The van der Waals surface area contributed by atoms with Crippen molar-refractivity contribution in [2.75, 3.05) is 5.43 Å². The fraction of sp³-hybridized carbons (Fsp3) is 0.200. The van der Waals surface area contributed by atoms with Crippen LogP contribution in [-0.2, 0) is 9.59 Å². The van der Waals surface area contributed by atoms with E-state index in [1.54, 1.807) is 12.1 Å². The highest BCUT2D eigenvalue weighted by atomic mass is 16.4. The lowest BCUT2D eigenvalue weighted by Gasteiger charge is -2.07. The fourth-order valence-electron chi connectivity index (χ4n) is 0.960. The molecule has 0 aromatic heterocycles. The van der Waals surface area contributed by atoms with Crippen LogP contribution in [0.15, 0.2) is 24.3 Å². The molecule has 0 unspecified atom stereocenters. The summed E-state index contributed by atoms with van der Waals surface area (Å²) < 4.78 is 0. The number of carboxylic acid groups (broad SMARTS) is 1. The number of aliphatic carboxylic acids is 1. The van der Waals surface area contributed by atoms with Crippen LogP contribution in [-0.4, -0.2) is 17.0 Å². The molecule has 0 saturated carbocycles. The molecular weight excluding hydrogens is 196 g/mol. The summed E-state index contributed by atoms with van der Waals surface area (Å²) >= 11 is 0. The molecule has 0 aliphatic rings. The number of hydrogen-bond donors (Lipinski definition) is 3. The maximum atomic E-state index is 10.9. The highest BCUT2D eigenvalue weighted by molar-refractivity contribution is 5.93. The van der Waals surface area contributed by atoms with Gasteiger partial charge in [0.1, 0.15) is 6.42 Å². The summed E-state index contributed by atoms with van der Waals surface area (Å²) in [5, 5.41) is 8.33. The van der Waals surface area contributed by atoms with E-state index < -0.39 is 18.3 Å². The van der Waals surface area contributed by atoms with Crippen LogP contribution in [0.3, 0.4) is 0 Å². The van der Waals surface area contributed by atoms with Gasteiger partial charge in [0.15, 0.2) is 0 Å². The van der Waals surface area contributed by atoms with Crippen molar-refractivity contribution in [1.29, 1.82) is 0 Å². The molecule has 15 heavy (non-hydrogen) atoms. The lowest BCUT2D eigenvalue weighted by atomic mass is 10.2. The quantitative estimate of drug-likeness (QED) is 0.507. The number of carbonyl (C=O) groups excluding carboxylic acids is 1. The van der Waals surface area contributed by atoms with Crippen molar-refractivity contribution in [2.45, 2.75) is 13.3 Å². The van der Waals surface area contributed by atoms with Gasteiger partial charge in [0.05, 0.1) is 5.69 Å². The Balaban J connectivity index is 2.40. The number of hydrazine groups is 1. The number of hydrogen-bond acceptors (Lipinski definition) is 3. The molecule has 1 rings (SSSR count).